The molecule has 1 aliphatic heterocycles. The van der Waals surface area contributed by atoms with Crippen molar-refractivity contribution in [2.75, 3.05) is 39.1 Å². The molecule has 1 aromatic rings. The monoisotopic (exact) mass is 397 g/mol. The van der Waals surface area contributed by atoms with Crippen LogP contribution in [0.2, 0.25) is 0 Å². The summed E-state index contributed by atoms with van der Waals surface area (Å²) in [4.78, 5) is 4.81. The highest BCUT2D eigenvalue weighted by atomic mass is 32.2. The molecular weight excluding hydrogens is 365 g/mol. The van der Waals surface area contributed by atoms with Gasteiger partial charge in [0, 0.05) is 30.6 Å². The summed E-state index contributed by atoms with van der Waals surface area (Å²) in [6.07, 6.45) is 4.96. The van der Waals surface area contributed by atoms with Crippen LogP contribution in [-0.4, -0.2) is 55.9 Å². The first-order chi connectivity index (χ1) is 13.1. The van der Waals surface area contributed by atoms with Gasteiger partial charge in [-0.05, 0) is 44.6 Å². The van der Waals surface area contributed by atoms with Gasteiger partial charge < -0.3 is 20.1 Å². The average molecular weight is 398 g/mol. The molecule has 2 rings (SSSR count). The van der Waals surface area contributed by atoms with Crippen LogP contribution in [0.5, 0.6) is 5.75 Å². The number of nitrogens with one attached hydrogen (secondary N) is 2. The Bertz CT molecular complexity index is 594. The van der Waals surface area contributed by atoms with Crippen molar-refractivity contribution < 1.29 is 13.9 Å². The molecule has 0 radical (unpaired) electrons. The quantitative estimate of drug-likeness (QED) is 0.494. The second-order valence-electron chi connectivity index (χ2n) is 6.68. The summed E-state index contributed by atoms with van der Waals surface area (Å²) in [7, 11) is 0. The molecule has 1 unspecified atom stereocenters. The first-order valence-corrected chi connectivity index (χ1v) is 10.9. The Morgan fingerprint density at radius 3 is 2.74 bits per heavy atom. The van der Waals surface area contributed by atoms with E-state index < -0.39 is 0 Å². The number of hydrogen-bond donors (Lipinski definition) is 2. The molecule has 27 heavy (non-hydrogen) atoms. The van der Waals surface area contributed by atoms with E-state index in [4.69, 9.17) is 14.5 Å². The zero-order chi connectivity index (χ0) is 19.5. The summed E-state index contributed by atoms with van der Waals surface area (Å²) < 4.78 is 24.9. The summed E-state index contributed by atoms with van der Waals surface area (Å²) in [5.74, 6) is 1.05. The minimum atomic E-state index is -0.288. The molecule has 0 spiro atoms. The minimum absolute atomic E-state index is 0.0618. The van der Waals surface area contributed by atoms with Gasteiger partial charge in [-0.15, -0.1) is 0 Å². The molecule has 1 fully saturated rings. The van der Waals surface area contributed by atoms with Crippen molar-refractivity contribution in [2.45, 2.75) is 44.0 Å². The van der Waals surface area contributed by atoms with Crippen LogP contribution in [0.3, 0.4) is 0 Å². The maximum absolute atomic E-state index is 13.3. The molecule has 7 heteroatoms. The van der Waals surface area contributed by atoms with Crippen molar-refractivity contribution in [3.63, 3.8) is 0 Å². The van der Waals surface area contributed by atoms with Gasteiger partial charge in [-0.1, -0.05) is 13.0 Å². The molecule has 1 heterocycles. The van der Waals surface area contributed by atoms with E-state index in [1.807, 2.05) is 11.8 Å². The maximum atomic E-state index is 13.3. The number of rotatable bonds is 9. The predicted molar refractivity (Wildman–Crippen MR) is 111 cm³/mol. The van der Waals surface area contributed by atoms with E-state index in [9.17, 15) is 4.39 Å². The van der Waals surface area contributed by atoms with Crippen molar-refractivity contribution >= 4 is 17.7 Å². The van der Waals surface area contributed by atoms with E-state index in [1.165, 1.54) is 12.1 Å². The van der Waals surface area contributed by atoms with Crippen LogP contribution < -0.4 is 15.4 Å². The molecule has 0 saturated carbocycles. The molecule has 1 aliphatic rings. The van der Waals surface area contributed by atoms with Crippen LogP contribution in [0, 0.1) is 5.82 Å². The topological polar surface area (TPSA) is 54.9 Å². The third-order valence-electron chi connectivity index (χ3n) is 4.76. The molecule has 1 atom stereocenters. The number of nitrogens with zero attached hydrogens (tertiary/aromatic N) is 1. The second-order valence-corrected chi connectivity index (χ2v) is 7.96. The zero-order valence-corrected chi connectivity index (χ0v) is 17.4. The van der Waals surface area contributed by atoms with E-state index in [0.717, 1.165) is 51.5 Å². The lowest BCUT2D eigenvalue weighted by Crippen LogP contribution is -2.44. The van der Waals surface area contributed by atoms with E-state index >= 15 is 0 Å². The SMILES string of the molecule is CCNC(=NCC1(SC)CCOCC1)NCC(CC)Oc1cccc(F)c1. The third kappa shape index (κ3) is 7.22. The number of thioether (sulfide) groups is 1. The average Bonchev–Trinajstić information content (AvgIpc) is 2.69. The zero-order valence-electron chi connectivity index (χ0n) is 16.6. The Morgan fingerprint density at radius 2 is 2.11 bits per heavy atom. The van der Waals surface area contributed by atoms with Gasteiger partial charge in [0.2, 0.25) is 0 Å². The van der Waals surface area contributed by atoms with Crippen LogP contribution in [0.25, 0.3) is 0 Å². The van der Waals surface area contributed by atoms with Crippen LogP contribution >= 0.6 is 11.8 Å². The normalized spacial score (nSPS) is 18.0. The first-order valence-electron chi connectivity index (χ1n) is 9.68. The third-order valence-corrected chi connectivity index (χ3v) is 6.16. The predicted octanol–water partition coefficient (Wildman–Crippen LogP) is 3.45. The number of hydrogen-bond acceptors (Lipinski definition) is 4. The Morgan fingerprint density at radius 1 is 1.33 bits per heavy atom. The lowest BCUT2D eigenvalue weighted by atomic mass is 9.99. The lowest BCUT2D eigenvalue weighted by Gasteiger charge is -2.34. The van der Waals surface area contributed by atoms with Gasteiger partial charge in [-0.3, -0.25) is 4.99 Å². The molecule has 152 valence electrons. The van der Waals surface area contributed by atoms with E-state index in [1.54, 1.807) is 12.1 Å². The molecular formula is C20H32FN3O2S. The fourth-order valence-electron chi connectivity index (χ4n) is 2.95. The second kappa shape index (κ2) is 11.4. The van der Waals surface area contributed by atoms with Gasteiger partial charge >= 0.3 is 0 Å². The molecule has 0 aromatic heterocycles. The van der Waals surface area contributed by atoms with Crippen LogP contribution in [0.4, 0.5) is 4.39 Å². The van der Waals surface area contributed by atoms with Crippen molar-refractivity contribution in [2.24, 2.45) is 4.99 Å². The van der Waals surface area contributed by atoms with Crippen molar-refractivity contribution in [1.29, 1.82) is 0 Å². The van der Waals surface area contributed by atoms with Crippen LogP contribution in [0.15, 0.2) is 29.3 Å². The number of ether oxygens (including phenoxy) is 2. The van der Waals surface area contributed by atoms with E-state index in [0.29, 0.717) is 12.3 Å². The molecule has 0 aliphatic carbocycles. The van der Waals surface area contributed by atoms with Gasteiger partial charge in [0.25, 0.3) is 0 Å². The summed E-state index contributed by atoms with van der Waals surface area (Å²) in [5.41, 5.74) is 0. The maximum Gasteiger partial charge on any atom is 0.191 e. The smallest absolute Gasteiger partial charge is 0.191 e. The number of benzene rings is 1. The lowest BCUT2D eigenvalue weighted by molar-refractivity contribution is 0.0794. The minimum Gasteiger partial charge on any atom is -0.489 e. The molecule has 2 N–H and O–H groups in total. The van der Waals surface area contributed by atoms with Crippen molar-refractivity contribution in [3.05, 3.63) is 30.1 Å². The fourth-order valence-corrected chi connectivity index (χ4v) is 3.72. The van der Waals surface area contributed by atoms with Gasteiger partial charge in [-0.25, -0.2) is 4.39 Å². The summed E-state index contributed by atoms with van der Waals surface area (Å²) >= 11 is 1.88. The van der Waals surface area contributed by atoms with Gasteiger partial charge in [0.1, 0.15) is 17.7 Å². The van der Waals surface area contributed by atoms with E-state index in [-0.39, 0.29) is 16.7 Å². The van der Waals surface area contributed by atoms with Gasteiger partial charge in [0.05, 0.1) is 13.1 Å². The summed E-state index contributed by atoms with van der Waals surface area (Å²) in [5, 5.41) is 6.67. The largest absolute Gasteiger partial charge is 0.489 e. The van der Waals surface area contributed by atoms with Crippen molar-refractivity contribution in [1.82, 2.24) is 10.6 Å². The fraction of sp³-hybridized carbons (Fsp3) is 0.650. The number of aliphatic imine (C=N–C) groups is 1. The molecule has 1 saturated heterocycles. The van der Waals surface area contributed by atoms with Gasteiger partial charge in [0.15, 0.2) is 5.96 Å². The molecule has 0 bridgehead atoms. The number of halogens is 1. The first kappa shape index (κ1) is 21.8. The Labute approximate surface area is 166 Å². The molecule has 0 amide bonds. The highest BCUT2D eigenvalue weighted by molar-refractivity contribution is 8.00. The van der Waals surface area contributed by atoms with E-state index in [2.05, 4.69) is 30.7 Å². The standard InChI is InChI=1S/C20H32FN3O2S/c1-4-17(26-18-8-6-7-16(21)13-18)14-23-19(22-5-2)24-15-20(27-3)9-11-25-12-10-20/h6-8,13,17H,4-5,9-12,14-15H2,1-3H3,(H2,22,23,24). The summed E-state index contributed by atoms with van der Waals surface area (Å²) in [6.45, 7) is 7.88. The highest BCUT2D eigenvalue weighted by Gasteiger charge is 2.31. The Kier molecular flexibility index (Phi) is 9.21. The number of guanidine groups is 1. The Hall–Kier alpha value is -1.47. The highest BCUT2D eigenvalue weighted by Crippen LogP contribution is 2.33. The van der Waals surface area contributed by atoms with Crippen LogP contribution in [-0.2, 0) is 4.74 Å². The van der Waals surface area contributed by atoms with Crippen LogP contribution in [0.1, 0.15) is 33.1 Å². The van der Waals surface area contributed by atoms with Crippen molar-refractivity contribution in [3.8, 4) is 5.75 Å². The Balaban J connectivity index is 1.93. The summed E-state index contributed by atoms with van der Waals surface area (Å²) in [6, 6.07) is 6.26. The van der Waals surface area contributed by atoms with Gasteiger partial charge in [-0.2, -0.15) is 11.8 Å². The molecule has 1 aromatic carbocycles. The molecule has 5 nitrogen and oxygen atoms in total.